The number of benzene rings is 1. The Morgan fingerprint density at radius 3 is 2.61 bits per heavy atom. The zero-order chi connectivity index (χ0) is 15.5. The summed E-state index contributed by atoms with van der Waals surface area (Å²) in [6.07, 6.45) is 5.36. The molecule has 0 spiro atoms. The number of hydrogen-bond acceptors (Lipinski definition) is 4. The van der Waals surface area contributed by atoms with Crippen molar-refractivity contribution in [2.75, 3.05) is 13.1 Å². The van der Waals surface area contributed by atoms with Crippen LogP contribution in [0.3, 0.4) is 0 Å². The van der Waals surface area contributed by atoms with Gasteiger partial charge in [-0.05, 0) is 31.2 Å². The maximum Gasteiger partial charge on any atom is 0.0959 e. The zero-order valence-electron chi connectivity index (χ0n) is 13.5. The minimum Gasteiger partial charge on any atom is -0.373 e. The lowest BCUT2D eigenvalue weighted by Gasteiger charge is -2.31. The van der Waals surface area contributed by atoms with Gasteiger partial charge in [0.2, 0.25) is 0 Å². The first-order chi connectivity index (χ1) is 11.4. The van der Waals surface area contributed by atoms with E-state index in [1.54, 1.807) is 0 Å². The Balaban J connectivity index is 1.21. The van der Waals surface area contributed by atoms with Crippen molar-refractivity contribution in [2.24, 2.45) is 0 Å². The van der Waals surface area contributed by atoms with Crippen LogP contribution in [0.15, 0.2) is 35.7 Å². The largest absolute Gasteiger partial charge is 0.373 e. The van der Waals surface area contributed by atoms with Crippen molar-refractivity contribution in [3.8, 4) is 0 Å². The number of rotatable bonds is 6. The van der Waals surface area contributed by atoms with E-state index in [-0.39, 0.29) is 0 Å². The first-order valence-electron chi connectivity index (χ1n) is 8.69. The fraction of sp³-hybridized carbons (Fsp3) is 0.526. The van der Waals surface area contributed by atoms with E-state index in [1.165, 1.54) is 29.1 Å². The van der Waals surface area contributed by atoms with Crippen LogP contribution >= 0.6 is 11.3 Å². The van der Waals surface area contributed by atoms with Crippen molar-refractivity contribution in [1.29, 1.82) is 0 Å². The van der Waals surface area contributed by atoms with Gasteiger partial charge < -0.3 is 4.74 Å². The van der Waals surface area contributed by atoms with Crippen molar-refractivity contribution < 1.29 is 4.74 Å². The molecule has 1 aliphatic carbocycles. The van der Waals surface area contributed by atoms with Crippen molar-refractivity contribution in [3.63, 3.8) is 0 Å². The van der Waals surface area contributed by atoms with Gasteiger partial charge in [-0.1, -0.05) is 30.3 Å². The number of aromatic nitrogens is 1. The molecule has 1 aromatic heterocycles. The quantitative estimate of drug-likeness (QED) is 0.794. The molecule has 2 aliphatic rings. The molecule has 1 aromatic carbocycles. The van der Waals surface area contributed by atoms with E-state index in [1.807, 2.05) is 11.3 Å². The van der Waals surface area contributed by atoms with Crippen molar-refractivity contribution in [2.45, 2.75) is 50.9 Å². The van der Waals surface area contributed by atoms with Gasteiger partial charge in [0.25, 0.3) is 0 Å². The third kappa shape index (κ3) is 4.19. The molecule has 23 heavy (non-hydrogen) atoms. The van der Waals surface area contributed by atoms with Crippen LogP contribution < -0.4 is 0 Å². The third-order valence-corrected chi connectivity index (χ3v) is 5.80. The summed E-state index contributed by atoms with van der Waals surface area (Å²) in [5, 5.41) is 3.62. The second-order valence-electron chi connectivity index (χ2n) is 6.72. The van der Waals surface area contributed by atoms with Crippen molar-refractivity contribution >= 4 is 11.3 Å². The van der Waals surface area contributed by atoms with Crippen LogP contribution in [0, 0.1) is 0 Å². The van der Waals surface area contributed by atoms with Gasteiger partial charge in [-0.3, -0.25) is 4.90 Å². The molecule has 2 heterocycles. The Kier molecular flexibility index (Phi) is 4.74. The molecule has 0 unspecified atom stereocenters. The molecule has 0 radical (unpaired) electrons. The summed E-state index contributed by atoms with van der Waals surface area (Å²) < 4.78 is 6.07. The van der Waals surface area contributed by atoms with E-state index in [9.17, 15) is 0 Å². The van der Waals surface area contributed by atoms with Gasteiger partial charge in [-0.25, -0.2) is 4.98 Å². The highest BCUT2D eigenvalue weighted by Crippen LogP contribution is 2.41. The van der Waals surface area contributed by atoms with Gasteiger partial charge >= 0.3 is 0 Å². The lowest BCUT2D eigenvalue weighted by molar-refractivity contribution is -0.00412. The summed E-state index contributed by atoms with van der Waals surface area (Å²) in [6, 6.07) is 10.5. The molecule has 4 heteroatoms. The Morgan fingerprint density at radius 2 is 1.87 bits per heavy atom. The van der Waals surface area contributed by atoms with Crippen LogP contribution in [0.25, 0.3) is 0 Å². The van der Waals surface area contributed by atoms with Gasteiger partial charge in [0, 0.05) is 30.9 Å². The molecule has 0 atom stereocenters. The van der Waals surface area contributed by atoms with E-state index in [2.05, 4.69) is 40.6 Å². The molecule has 0 bridgehead atoms. The average Bonchev–Trinajstić information content (AvgIpc) is 3.35. The highest BCUT2D eigenvalue weighted by molar-refractivity contribution is 7.09. The monoisotopic (exact) mass is 328 g/mol. The van der Waals surface area contributed by atoms with Crippen LogP contribution in [-0.4, -0.2) is 29.1 Å². The Hall–Kier alpha value is -1.23. The highest BCUT2D eigenvalue weighted by atomic mass is 32.1. The predicted molar refractivity (Wildman–Crippen MR) is 93.6 cm³/mol. The molecule has 0 N–H and O–H groups in total. The maximum absolute atomic E-state index is 6.07. The van der Waals surface area contributed by atoms with E-state index in [4.69, 9.17) is 9.72 Å². The molecule has 1 aliphatic heterocycles. The highest BCUT2D eigenvalue weighted by Gasteiger charge is 2.27. The SMILES string of the molecule is c1ccc(COC2CCN(Cc3csc(C4CC4)n3)CC2)cc1. The normalized spacial score (nSPS) is 20.0. The molecule has 2 aromatic rings. The number of nitrogens with zero attached hydrogens (tertiary/aromatic N) is 2. The van der Waals surface area contributed by atoms with E-state index in [0.717, 1.165) is 45.0 Å². The number of piperidine rings is 1. The van der Waals surface area contributed by atoms with Gasteiger partial charge in [0.05, 0.1) is 23.4 Å². The predicted octanol–water partition coefficient (Wildman–Crippen LogP) is 4.20. The standard InChI is InChI=1S/C19H24N2OS/c1-2-4-15(5-3-1)13-22-18-8-10-21(11-9-18)12-17-14-23-19(20-17)16-6-7-16/h1-5,14,16,18H,6-13H2. The zero-order valence-corrected chi connectivity index (χ0v) is 14.3. The average molecular weight is 328 g/mol. The van der Waals surface area contributed by atoms with Crippen molar-refractivity contribution in [1.82, 2.24) is 9.88 Å². The first kappa shape index (κ1) is 15.3. The lowest BCUT2D eigenvalue weighted by Crippen LogP contribution is -2.36. The number of thiazole rings is 1. The van der Waals surface area contributed by atoms with Gasteiger partial charge in [-0.2, -0.15) is 0 Å². The molecule has 0 amide bonds. The van der Waals surface area contributed by atoms with Gasteiger partial charge in [-0.15, -0.1) is 11.3 Å². The molecule has 2 fully saturated rings. The fourth-order valence-corrected chi connectivity index (χ4v) is 4.15. The molecular formula is C19H24N2OS. The Labute approximate surface area is 142 Å². The minimum atomic E-state index is 0.406. The number of likely N-dealkylation sites (tertiary alicyclic amines) is 1. The Morgan fingerprint density at radius 1 is 1.09 bits per heavy atom. The van der Waals surface area contributed by atoms with Crippen LogP contribution in [0.4, 0.5) is 0 Å². The second-order valence-corrected chi connectivity index (χ2v) is 7.61. The first-order valence-corrected chi connectivity index (χ1v) is 9.57. The second kappa shape index (κ2) is 7.12. The number of hydrogen-bond donors (Lipinski definition) is 0. The lowest BCUT2D eigenvalue weighted by atomic mass is 10.1. The van der Waals surface area contributed by atoms with E-state index >= 15 is 0 Å². The molecule has 1 saturated carbocycles. The van der Waals surface area contributed by atoms with Crippen LogP contribution in [0.2, 0.25) is 0 Å². The van der Waals surface area contributed by atoms with E-state index < -0.39 is 0 Å². The number of ether oxygens (including phenoxy) is 1. The summed E-state index contributed by atoms with van der Waals surface area (Å²) in [7, 11) is 0. The molecule has 3 nitrogen and oxygen atoms in total. The van der Waals surface area contributed by atoms with Crippen LogP contribution in [0.1, 0.15) is 47.9 Å². The van der Waals surface area contributed by atoms with Crippen molar-refractivity contribution in [3.05, 3.63) is 52.0 Å². The van der Waals surface area contributed by atoms with Crippen LogP contribution in [-0.2, 0) is 17.9 Å². The topological polar surface area (TPSA) is 25.4 Å². The maximum atomic E-state index is 6.07. The summed E-state index contributed by atoms with van der Waals surface area (Å²) in [5.41, 5.74) is 2.53. The summed E-state index contributed by atoms with van der Waals surface area (Å²) in [5.74, 6) is 0.783. The smallest absolute Gasteiger partial charge is 0.0959 e. The molecule has 122 valence electrons. The van der Waals surface area contributed by atoms with Crippen LogP contribution in [0.5, 0.6) is 0 Å². The summed E-state index contributed by atoms with van der Waals surface area (Å²) in [6.45, 7) is 3.99. The Bertz CT molecular complexity index is 615. The molecule has 4 rings (SSSR count). The summed E-state index contributed by atoms with van der Waals surface area (Å²) in [4.78, 5) is 7.33. The van der Waals surface area contributed by atoms with Gasteiger partial charge in [0.15, 0.2) is 0 Å². The minimum absolute atomic E-state index is 0.406. The molecular weight excluding hydrogens is 304 g/mol. The fourth-order valence-electron chi connectivity index (χ4n) is 3.16. The van der Waals surface area contributed by atoms with Gasteiger partial charge in [0.1, 0.15) is 0 Å². The molecule has 1 saturated heterocycles. The van der Waals surface area contributed by atoms with E-state index in [0.29, 0.717) is 6.10 Å². The summed E-state index contributed by atoms with van der Waals surface area (Å²) >= 11 is 1.85. The third-order valence-electron chi connectivity index (χ3n) is 4.74.